The van der Waals surface area contributed by atoms with Crippen molar-refractivity contribution in [2.45, 2.75) is 26.5 Å². The van der Waals surface area contributed by atoms with Gasteiger partial charge in [-0.15, -0.1) is 0 Å². The van der Waals surface area contributed by atoms with Crippen LogP contribution in [0.5, 0.6) is 5.75 Å². The summed E-state index contributed by atoms with van der Waals surface area (Å²) in [7, 11) is 0. The monoisotopic (exact) mass is 257 g/mol. The van der Waals surface area contributed by atoms with Crippen molar-refractivity contribution in [1.29, 1.82) is 0 Å². The summed E-state index contributed by atoms with van der Waals surface area (Å²) in [6.07, 6.45) is 1.96. The van der Waals surface area contributed by atoms with Crippen molar-refractivity contribution in [3.05, 3.63) is 48.2 Å². The van der Waals surface area contributed by atoms with Gasteiger partial charge in [0.05, 0.1) is 6.10 Å². The Balaban J connectivity index is 2.02. The molecule has 100 valence electrons. The van der Waals surface area contributed by atoms with Gasteiger partial charge in [-0.3, -0.25) is 0 Å². The highest BCUT2D eigenvalue weighted by atomic mass is 16.5. The normalized spacial score (nSPS) is 10.5. The molecule has 1 aromatic carbocycles. The molecule has 0 saturated heterocycles. The molecule has 0 spiro atoms. The van der Waals surface area contributed by atoms with Gasteiger partial charge in [0.15, 0.2) is 0 Å². The van der Waals surface area contributed by atoms with Gasteiger partial charge in [0.1, 0.15) is 11.6 Å². The molecule has 0 radical (unpaired) electrons. The fraction of sp³-hybridized carbons (Fsp3) is 0.267. The summed E-state index contributed by atoms with van der Waals surface area (Å²) >= 11 is 0. The maximum atomic E-state index is 5.59. The van der Waals surface area contributed by atoms with Crippen molar-refractivity contribution in [3.8, 4) is 5.75 Å². The molecular formula is C15H19N3O. The van der Waals surface area contributed by atoms with Crippen LogP contribution >= 0.6 is 0 Å². The number of anilines is 2. The van der Waals surface area contributed by atoms with E-state index in [1.165, 1.54) is 0 Å². The lowest BCUT2D eigenvalue weighted by Crippen LogP contribution is -2.05. The zero-order chi connectivity index (χ0) is 13.7. The van der Waals surface area contributed by atoms with E-state index in [9.17, 15) is 0 Å². The molecule has 1 aromatic heterocycles. The quantitative estimate of drug-likeness (QED) is 0.864. The third kappa shape index (κ3) is 3.96. The lowest BCUT2D eigenvalue weighted by molar-refractivity contribution is 0.242. The molecule has 0 fully saturated rings. The van der Waals surface area contributed by atoms with Gasteiger partial charge in [-0.25, -0.2) is 4.98 Å². The zero-order valence-electron chi connectivity index (χ0n) is 11.3. The molecule has 19 heavy (non-hydrogen) atoms. The maximum Gasteiger partial charge on any atom is 0.130 e. The highest BCUT2D eigenvalue weighted by molar-refractivity contribution is 5.57. The van der Waals surface area contributed by atoms with Gasteiger partial charge in [0, 0.05) is 18.4 Å². The Labute approximate surface area is 113 Å². The number of nitrogens with zero attached hydrogens (tertiary/aromatic N) is 1. The van der Waals surface area contributed by atoms with Crippen LogP contribution in [-0.2, 0) is 6.54 Å². The lowest BCUT2D eigenvalue weighted by atomic mass is 10.2. The van der Waals surface area contributed by atoms with Gasteiger partial charge in [-0.2, -0.15) is 0 Å². The highest BCUT2D eigenvalue weighted by Crippen LogP contribution is 2.19. The molecule has 0 unspecified atom stereocenters. The molecule has 0 atom stereocenters. The fourth-order valence-corrected chi connectivity index (χ4v) is 1.66. The van der Waals surface area contributed by atoms with Crippen molar-refractivity contribution < 1.29 is 4.74 Å². The Bertz CT molecular complexity index is 506. The second-order valence-corrected chi connectivity index (χ2v) is 4.57. The average Bonchev–Trinajstić information content (AvgIpc) is 2.41. The van der Waals surface area contributed by atoms with Crippen molar-refractivity contribution in [3.63, 3.8) is 0 Å². The van der Waals surface area contributed by atoms with Crippen LogP contribution in [0.2, 0.25) is 0 Å². The molecule has 2 aromatic rings. The van der Waals surface area contributed by atoms with Crippen molar-refractivity contribution in [2.24, 2.45) is 5.73 Å². The number of aromatic nitrogens is 1. The molecule has 3 N–H and O–H groups in total. The Morgan fingerprint density at radius 2 is 1.89 bits per heavy atom. The van der Waals surface area contributed by atoms with E-state index < -0.39 is 0 Å². The fourth-order valence-electron chi connectivity index (χ4n) is 1.66. The largest absolute Gasteiger partial charge is 0.491 e. The minimum atomic E-state index is 0.185. The van der Waals surface area contributed by atoms with Crippen LogP contribution in [-0.4, -0.2) is 11.1 Å². The first-order valence-corrected chi connectivity index (χ1v) is 6.36. The number of nitrogens with two attached hydrogens (primary N) is 1. The van der Waals surface area contributed by atoms with E-state index in [-0.39, 0.29) is 6.10 Å². The zero-order valence-corrected chi connectivity index (χ0v) is 11.3. The van der Waals surface area contributed by atoms with E-state index in [0.29, 0.717) is 6.54 Å². The standard InChI is InChI=1S/C15H19N3O/c1-11(2)19-14-6-4-13(5-7-14)18-15-8-3-12(9-16)10-17-15/h3-8,10-11H,9,16H2,1-2H3,(H,17,18). The summed E-state index contributed by atoms with van der Waals surface area (Å²) in [6.45, 7) is 4.53. The molecule has 0 amide bonds. The van der Waals surface area contributed by atoms with Crippen molar-refractivity contribution in [2.75, 3.05) is 5.32 Å². The highest BCUT2D eigenvalue weighted by Gasteiger charge is 1.99. The summed E-state index contributed by atoms with van der Waals surface area (Å²) in [5.74, 6) is 1.67. The number of pyridine rings is 1. The minimum Gasteiger partial charge on any atom is -0.491 e. The summed E-state index contributed by atoms with van der Waals surface area (Å²) < 4.78 is 5.59. The minimum absolute atomic E-state index is 0.185. The number of benzene rings is 1. The molecule has 0 aliphatic rings. The topological polar surface area (TPSA) is 60.2 Å². The van der Waals surface area contributed by atoms with E-state index >= 15 is 0 Å². The SMILES string of the molecule is CC(C)Oc1ccc(Nc2ccc(CN)cn2)cc1. The predicted molar refractivity (Wildman–Crippen MR) is 77.6 cm³/mol. The first-order valence-electron chi connectivity index (χ1n) is 6.36. The Morgan fingerprint density at radius 3 is 2.42 bits per heavy atom. The van der Waals surface area contributed by atoms with Crippen LogP contribution < -0.4 is 15.8 Å². The van der Waals surface area contributed by atoms with Crippen molar-refractivity contribution in [1.82, 2.24) is 4.98 Å². The Hall–Kier alpha value is -2.07. The van der Waals surface area contributed by atoms with E-state index in [4.69, 9.17) is 10.5 Å². The first-order chi connectivity index (χ1) is 9.17. The molecule has 4 nitrogen and oxygen atoms in total. The van der Waals surface area contributed by atoms with E-state index in [1.807, 2.05) is 50.2 Å². The molecule has 0 aliphatic heterocycles. The third-order valence-electron chi connectivity index (χ3n) is 2.56. The van der Waals surface area contributed by atoms with Gasteiger partial charge in [-0.05, 0) is 49.7 Å². The molecule has 1 heterocycles. The van der Waals surface area contributed by atoms with Crippen LogP contribution in [0.1, 0.15) is 19.4 Å². The van der Waals surface area contributed by atoms with Crippen LogP contribution in [0.15, 0.2) is 42.6 Å². The number of nitrogens with one attached hydrogen (secondary N) is 1. The van der Waals surface area contributed by atoms with Crippen LogP contribution in [0.4, 0.5) is 11.5 Å². The summed E-state index contributed by atoms with van der Waals surface area (Å²) in [5, 5.41) is 3.23. The second kappa shape index (κ2) is 6.20. The van der Waals surface area contributed by atoms with Gasteiger partial charge in [0.25, 0.3) is 0 Å². The number of hydrogen-bond donors (Lipinski definition) is 2. The van der Waals surface area contributed by atoms with Gasteiger partial charge in [0.2, 0.25) is 0 Å². The van der Waals surface area contributed by atoms with Gasteiger partial charge in [-0.1, -0.05) is 6.07 Å². The maximum absolute atomic E-state index is 5.59. The Morgan fingerprint density at radius 1 is 1.16 bits per heavy atom. The Kier molecular flexibility index (Phi) is 4.36. The molecule has 2 rings (SSSR count). The van der Waals surface area contributed by atoms with Gasteiger partial charge < -0.3 is 15.8 Å². The summed E-state index contributed by atoms with van der Waals surface area (Å²) in [6, 6.07) is 11.7. The average molecular weight is 257 g/mol. The van der Waals surface area contributed by atoms with Gasteiger partial charge >= 0.3 is 0 Å². The summed E-state index contributed by atoms with van der Waals surface area (Å²) in [5.41, 5.74) is 7.53. The summed E-state index contributed by atoms with van der Waals surface area (Å²) in [4.78, 5) is 4.29. The molecule has 0 saturated carbocycles. The van der Waals surface area contributed by atoms with E-state index in [0.717, 1.165) is 22.8 Å². The number of ether oxygens (including phenoxy) is 1. The predicted octanol–water partition coefficient (Wildman–Crippen LogP) is 3.07. The van der Waals surface area contributed by atoms with Crippen LogP contribution in [0.3, 0.4) is 0 Å². The molecular weight excluding hydrogens is 238 g/mol. The first kappa shape index (κ1) is 13.4. The van der Waals surface area contributed by atoms with Crippen LogP contribution in [0, 0.1) is 0 Å². The van der Waals surface area contributed by atoms with E-state index in [2.05, 4.69) is 10.3 Å². The smallest absolute Gasteiger partial charge is 0.130 e. The van der Waals surface area contributed by atoms with Crippen LogP contribution in [0.25, 0.3) is 0 Å². The second-order valence-electron chi connectivity index (χ2n) is 4.57. The molecule has 0 aliphatic carbocycles. The van der Waals surface area contributed by atoms with Crippen molar-refractivity contribution >= 4 is 11.5 Å². The molecule has 4 heteroatoms. The lowest BCUT2D eigenvalue weighted by Gasteiger charge is -2.11. The van der Waals surface area contributed by atoms with E-state index in [1.54, 1.807) is 6.20 Å². The number of hydrogen-bond acceptors (Lipinski definition) is 4. The third-order valence-corrected chi connectivity index (χ3v) is 2.56. The molecule has 0 bridgehead atoms. The number of rotatable bonds is 5.